The summed E-state index contributed by atoms with van der Waals surface area (Å²) in [5.74, 6) is 0. The van der Waals surface area contributed by atoms with Crippen LogP contribution in [0.2, 0.25) is 0 Å². The van der Waals surface area contributed by atoms with E-state index in [0.717, 1.165) is 11.4 Å². The summed E-state index contributed by atoms with van der Waals surface area (Å²) in [5.41, 5.74) is 15.3. The molecule has 0 saturated carbocycles. The maximum Gasteiger partial charge on any atom is 0.0598 e. The number of rotatable bonds is 3. The molecule has 0 amide bonds. The molecule has 2 aromatic rings. The molecule has 0 spiro atoms. The van der Waals surface area contributed by atoms with E-state index in [-0.39, 0.29) is 0 Å². The molecule has 0 radical (unpaired) electrons. The van der Waals surface area contributed by atoms with Gasteiger partial charge in [-0.05, 0) is 56.9 Å². The van der Waals surface area contributed by atoms with E-state index in [9.17, 15) is 0 Å². The van der Waals surface area contributed by atoms with Gasteiger partial charge in [-0.15, -0.1) is 0 Å². The SMILES string of the molecule is Cc1cc(C)c(NNc2c(C)cccc2C)c(C)c1. The summed E-state index contributed by atoms with van der Waals surface area (Å²) < 4.78 is 0. The molecule has 0 saturated heterocycles. The minimum absolute atomic E-state index is 1.15. The van der Waals surface area contributed by atoms with Gasteiger partial charge in [0.15, 0.2) is 0 Å². The van der Waals surface area contributed by atoms with Gasteiger partial charge in [0, 0.05) is 0 Å². The van der Waals surface area contributed by atoms with Gasteiger partial charge in [-0.3, -0.25) is 0 Å². The van der Waals surface area contributed by atoms with Crippen molar-refractivity contribution in [2.45, 2.75) is 34.6 Å². The number of hydrogen-bond acceptors (Lipinski definition) is 2. The van der Waals surface area contributed by atoms with E-state index in [2.05, 4.69) is 75.8 Å². The van der Waals surface area contributed by atoms with Crippen LogP contribution in [0.4, 0.5) is 11.4 Å². The van der Waals surface area contributed by atoms with Gasteiger partial charge < -0.3 is 10.9 Å². The Balaban J connectivity index is 2.24. The number of nitrogens with one attached hydrogen (secondary N) is 2. The number of para-hydroxylation sites is 1. The molecule has 2 aromatic carbocycles. The zero-order valence-corrected chi connectivity index (χ0v) is 12.4. The monoisotopic (exact) mass is 254 g/mol. The Morgan fingerprint density at radius 3 is 1.53 bits per heavy atom. The van der Waals surface area contributed by atoms with Crippen molar-refractivity contribution in [3.8, 4) is 0 Å². The molecule has 2 nitrogen and oxygen atoms in total. The molecule has 0 heterocycles. The van der Waals surface area contributed by atoms with E-state index in [1.165, 1.54) is 27.8 Å². The van der Waals surface area contributed by atoms with Crippen LogP contribution >= 0.6 is 0 Å². The Morgan fingerprint density at radius 1 is 0.632 bits per heavy atom. The predicted molar refractivity (Wildman–Crippen MR) is 83.8 cm³/mol. The van der Waals surface area contributed by atoms with Crippen LogP contribution in [0.3, 0.4) is 0 Å². The van der Waals surface area contributed by atoms with Gasteiger partial charge in [0.25, 0.3) is 0 Å². The lowest BCUT2D eigenvalue weighted by Crippen LogP contribution is -2.13. The maximum atomic E-state index is 3.36. The fraction of sp³-hybridized carbons (Fsp3) is 0.294. The molecule has 0 unspecified atom stereocenters. The number of benzene rings is 2. The second-order valence-electron chi connectivity index (χ2n) is 5.29. The fourth-order valence-electron chi connectivity index (χ4n) is 2.51. The van der Waals surface area contributed by atoms with Crippen molar-refractivity contribution in [2.24, 2.45) is 0 Å². The van der Waals surface area contributed by atoms with Crippen molar-refractivity contribution in [2.75, 3.05) is 10.9 Å². The Hall–Kier alpha value is -1.96. The first kappa shape index (κ1) is 13.5. The lowest BCUT2D eigenvalue weighted by molar-refractivity contribution is 1.25. The first-order chi connectivity index (χ1) is 8.99. The third-order valence-corrected chi connectivity index (χ3v) is 3.47. The molecule has 0 bridgehead atoms. The van der Waals surface area contributed by atoms with Gasteiger partial charge in [-0.2, -0.15) is 0 Å². The standard InChI is InChI=1S/C17H22N2/c1-11-9-14(4)17(15(5)10-11)19-18-16-12(2)7-6-8-13(16)3/h6-10,18-19H,1-5H3. The fourth-order valence-corrected chi connectivity index (χ4v) is 2.51. The van der Waals surface area contributed by atoms with Crippen LogP contribution < -0.4 is 10.9 Å². The van der Waals surface area contributed by atoms with Gasteiger partial charge in [0.2, 0.25) is 0 Å². The quantitative estimate of drug-likeness (QED) is 0.778. The number of aryl methyl sites for hydroxylation is 5. The van der Waals surface area contributed by atoms with E-state index >= 15 is 0 Å². The highest BCUT2D eigenvalue weighted by Gasteiger charge is 2.05. The zero-order valence-electron chi connectivity index (χ0n) is 12.4. The molecule has 0 aliphatic rings. The van der Waals surface area contributed by atoms with Crippen LogP contribution in [0.1, 0.15) is 27.8 Å². The van der Waals surface area contributed by atoms with Crippen molar-refractivity contribution >= 4 is 11.4 Å². The summed E-state index contributed by atoms with van der Waals surface area (Å²) in [5, 5.41) is 0. The molecule has 2 heteroatoms. The average molecular weight is 254 g/mol. The van der Waals surface area contributed by atoms with Crippen molar-refractivity contribution in [3.63, 3.8) is 0 Å². The number of hydrazine groups is 1. The van der Waals surface area contributed by atoms with Gasteiger partial charge in [-0.1, -0.05) is 35.9 Å². The van der Waals surface area contributed by atoms with Crippen LogP contribution in [-0.2, 0) is 0 Å². The van der Waals surface area contributed by atoms with Gasteiger partial charge in [0.05, 0.1) is 11.4 Å². The molecule has 2 rings (SSSR count). The molecule has 0 aliphatic carbocycles. The molecule has 2 N–H and O–H groups in total. The summed E-state index contributed by atoms with van der Waals surface area (Å²) in [6.45, 7) is 10.6. The van der Waals surface area contributed by atoms with Crippen molar-refractivity contribution in [3.05, 3.63) is 58.1 Å². The second kappa shape index (κ2) is 5.35. The van der Waals surface area contributed by atoms with Crippen LogP contribution in [0.25, 0.3) is 0 Å². The lowest BCUT2D eigenvalue weighted by atomic mass is 10.1. The van der Waals surface area contributed by atoms with Crippen LogP contribution in [0.5, 0.6) is 0 Å². The smallest absolute Gasteiger partial charge is 0.0598 e. The Labute approximate surface area is 115 Å². The van der Waals surface area contributed by atoms with E-state index in [1.807, 2.05) is 0 Å². The highest BCUT2D eigenvalue weighted by molar-refractivity contribution is 5.64. The summed E-state index contributed by atoms with van der Waals surface area (Å²) in [7, 11) is 0. The lowest BCUT2D eigenvalue weighted by Gasteiger charge is -2.18. The van der Waals surface area contributed by atoms with Crippen LogP contribution in [0.15, 0.2) is 30.3 Å². The van der Waals surface area contributed by atoms with Crippen molar-refractivity contribution in [1.82, 2.24) is 0 Å². The molecule has 0 atom stereocenters. The summed E-state index contributed by atoms with van der Waals surface area (Å²) >= 11 is 0. The van der Waals surface area contributed by atoms with Crippen molar-refractivity contribution < 1.29 is 0 Å². The minimum atomic E-state index is 1.15. The molecule has 100 valence electrons. The maximum absolute atomic E-state index is 3.36. The highest BCUT2D eigenvalue weighted by Crippen LogP contribution is 2.24. The Kier molecular flexibility index (Phi) is 3.79. The first-order valence-corrected chi connectivity index (χ1v) is 6.65. The van der Waals surface area contributed by atoms with E-state index in [4.69, 9.17) is 0 Å². The van der Waals surface area contributed by atoms with E-state index < -0.39 is 0 Å². The van der Waals surface area contributed by atoms with Gasteiger partial charge in [0.1, 0.15) is 0 Å². The molecule has 19 heavy (non-hydrogen) atoms. The van der Waals surface area contributed by atoms with E-state index in [1.54, 1.807) is 0 Å². The minimum Gasteiger partial charge on any atom is -0.300 e. The van der Waals surface area contributed by atoms with Gasteiger partial charge in [-0.25, -0.2) is 0 Å². The topological polar surface area (TPSA) is 24.1 Å². The van der Waals surface area contributed by atoms with Gasteiger partial charge >= 0.3 is 0 Å². The summed E-state index contributed by atoms with van der Waals surface area (Å²) in [4.78, 5) is 0. The Bertz CT molecular complexity index is 557. The third kappa shape index (κ3) is 2.90. The normalized spacial score (nSPS) is 10.4. The summed E-state index contributed by atoms with van der Waals surface area (Å²) in [6, 6.07) is 10.7. The van der Waals surface area contributed by atoms with Crippen molar-refractivity contribution in [1.29, 1.82) is 0 Å². The van der Waals surface area contributed by atoms with E-state index in [0.29, 0.717) is 0 Å². The molecular weight excluding hydrogens is 232 g/mol. The second-order valence-corrected chi connectivity index (χ2v) is 5.29. The number of hydrogen-bond donors (Lipinski definition) is 2. The zero-order chi connectivity index (χ0) is 14.0. The average Bonchev–Trinajstić information content (AvgIpc) is 2.31. The first-order valence-electron chi connectivity index (χ1n) is 6.65. The molecular formula is C17H22N2. The molecule has 0 aliphatic heterocycles. The summed E-state index contributed by atoms with van der Waals surface area (Å²) in [6.07, 6.45) is 0. The largest absolute Gasteiger partial charge is 0.300 e. The molecule has 0 aromatic heterocycles. The number of anilines is 2. The van der Waals surface area contributed by atoms with Crippen LogP contribution in [0, 0.1) is 34.6 Å². The third-order valence-electron chi connectivity index (χ3n) is 3.47. The highest BCUT2D eigenvalue weighted by atomic mass is 15.4. The van der Waals surface area contributed by atoms with Crippen LogP contribution in [-0.4, -0.2) is 0 Å². The molecule has 0 fully saturated rings. The predicted octanol–water partition coefficient (Wildman–Crippen LogP) is 4.67. The Morgan fingerprint density at radius 2 is 1.05 bits per heavy atom.